The molecule has 1 saturated heterocycles. The van der Waals surface area contributed by atoms with Crippen LogP contribution in [0.4, 0.5) is 11.4 Å². The second-order valence-electron chi connectivity index (χ2n) is 8.79. The minimum absolute atomic E-state index is 0.129. The molecule has 10 nitrogen and oxygen atoms in total. The lowest BCUT2D eigenvalue weighted by molar-refractivity contribution is -0.112. The molecule has 5 rings (SSSR count). The molecular weight excluding hydrogens is 460 g/mol. The van der Waals surface area contributed by atoms with E-state index in [2.05, 4.69) is 25.5 Å². The summed E-state index contributed by atoms with van der Waals surface area (Å²) in [6.07, 6.45) is 6.43. The van der Waals surface area contributed by atoms with E-state index in [9.17, 15) is 9.59 Å². The highest BCUT2D eigenvalue weighted by atomic mass is 16.5. The maximum absolute atomic E-state index is 13.2. The second kappa shape index (κ2) is 10.9. The van der Waals surface area contributed by atoms with E-state index >= 15 is 0 Å². The Labute approximate surface area is 210 Å². The lowest BCUT2D eigenvalue weighted by Crippen LogP contribution is -2.43. The number of carbonyl (C=O) groups is 2. The summed E-state index contributed by atoms with van der Waals surface area (Å²) >= 11 is 0. The van der Waals surface area contributed by atoms with Crippen molar-refractivity contribution in [1.29, 1.82) is 0 Å². The Bertz CT molecular complexity index is 1200. The SMILES string of the molecule is COCCOc1ccc2c(c1)C(=O)N(C1=NC(C(=O)Nc3cnccc3N3CCNCC3)=CCC1)C2. The molecule has 2 amide bonds. The quantitative estimate of drug-likeness (QED) is 0.573. The number of anilines is 2. The van der Waals surface area contributed by atoms with Crippen LogP contribution in [0, 0.1) is 0 Å². The number of pyridine rings is 1. The number of carbonyl (C=O) groups excluding carboxylic acids is 2. The molecule has 0 saturated carbocycles. The number of hydrogen-bond acceptors (Lipinski definition) is 8. The van der Waals surface area contributed by atoms with Gasteiger partial charge in [0.1, 0.15) is 23.9 Å². The number of nitrogens with zero attached hydrogens (tertiary/aromatic N) is 4. The number of rotatable bonds is 7. The maximum Gasteiger partial charge on any atom is 0.274 e. The number of ether oxygens (including phenoxy) is 2. The van der Waals surface area contributed by atoms with Gasteiger partial charge in [-0.05, 0) is 30.2 Å². The third-order valence-corrected chi connectivity index (χ3v) is 6.44. The van der Waals surface area contributed by atoms with E-state index in [0.717, 1.165) is 37.4 Å². The summed E-state index contributed by atoms with van der Waals surface area (Å²) in [5.41, 5.74) is 3.41. The molecule has 0 radical (unpaired) electrons. The van der Waals surface area contributed by atoms with Gasteiger partial charge in [-0.2, -0.15) is 0 Å². The van der Waals surface area contributed by atoms with Gasteiger partial charge >= 0.3 is 0 Å². The highest BCUT2D eigenvalue weighted by Crippen LogP contribution is 2.30. The van der Waals surface area contributed by atoms with Crippen LogP contribution in [0.25, 0.3) is 0 Å². The Morgan fingerprint density at radius 3 is 2.89 bits per heavy atom. The van der Waals surface area contributed by atoms with Gasteiger partial charge in [-0.15, -0.1) is 0 Å². The number of nitrogens with one attached hydrogen (secondary N) is 2. The largest absolute Gasteiger partial charge is 0.491 e. The number of allylic oxidation sites excluding steroid dienone is 1. The lowest BCUT2D eigenvalue weighted by Gasteiger charge is -2.30. The highest BCUT2D eigenvalue weighted by molar-refractivity contribution is 6.12. The Hall–Kier alpha value is -3.76. The lowest BCUT2D eigenvalue weighted by atomic mass is 10.1. The number of aromatic nitrogens is 1. The third kappa shape index (κ3) is 5.09. The Morgan fingerprint density at radius 2 is 2.06 bits per heavy atom. The van der Waals surface area contributed by atoms with Gasteiger partial charge in [-0.25, -0.2) is 4.99 Å². The second-order valence-corrected chi connectivity index (χ2v) is 8.79. The molecule has 1 aromatic carbocycles. The first-order valence-electron chi connectivity index (χ1n) is 12.2. The van der Waals surface area contributed by atoms with Gasteiger partial charge in [-0.1, -0.05) is 12.1 Å². The molecule has 36 heavy (non-hydrogen) atoms. The Kier molecular flexibility index (Phi) is 7.24. The van der Waals surface area contributed by atoms with Crippen LogP contribution in [-0.4, -0.2) is 74.0 Å². The van der Waals surface area contributed by atoms with Crippen molar-refractivity contribution in [3.05, 3.63) is 59.6 Å². The maximum atomic E-state index is 13.2. The van der Waals surface area contributed by atoms with E-state index in [4.69, 9.17) is 9.47 Å². The van der Waals surface area contributed by atoms with Crippen LogP contribution in [0.3, 0.4) is 0 Å². The molecule has 188 valence electrons. The topological polar surface area (TPSA) is 108 Å². The van der Waals surface area contributed by atoms with Crippen LogP contribution in [0.2, 0.25) is 0 Å². The smallest absolute Gasteiger partial charge is 0.274 e. The van der Waals surface area contributed by atoms with E-state index in [1.165, 1.54) is 0 Å². The van der Waals surface area contributed by atoms with Gasteiger partial charge in [0.15, 0.2) is 0 Å². The monoisotopic (exact) mass is 490 g/mol. The minimum Gasteiger partial charge on any atom is -0.491 e. The van der Waals surface area contributed by atoms with Gasteiger partial charge in [0, 0.05) is 51.5 Å². The molecule has 2 N–H and O–H groups in total. The number of methoxy groups -OCH3 is 1. The zero-order valence-electron chi connectivity index (χ0n) is 20.3. The normalized spacial score (nSPS) is 17.4. The standard InChI is InChI=1S/C26H30N6O4/c1-35-13-14-36-19-6-5-18-17-32(26(34)20(18)15-19)24-4-2-3-21(29-24)25(33)30-22-16-28-8-7-23(22)31-11-9-27-10-12-31/h3,5-8,15-16,27H,2,4,9-14,17H2,1H3,(H,30,33). The van der Waals surface area contributed by atoms with Crippen molar-refractivity contribution in [2.75, 3.05) is 56.7 Å². The molecule has 10 heteroatoms. The first-order valence-corrected chi connectivity index (χ1v) is 12.2. The summed E-state index contributed by atoms with van der Waals surface area (Å²) in [6.45, 7) is 4.81. The van der Waals surface area contributed by atoms with Crippen molar-refractivity contribution < 1.29 is 19.1 Å². The molecule has 0 atom stereocenters. The predicted molar refractivity (Wildman–Crippen MR) is 136 cm³/mol. The van der Waals surface area contributed by atoms with Crippen molar-refractivity contribution in [3.63, 3.8) is 0 Å². The van der Waals surface area contributed by atoms with Crippen molar-refractivity contribution >= 4 is 29.0 Å². The van der Waals surface area contributed by atoms with Crippen molar-refractivity contribution in [2.45, 2.75) is 19.4 Å². The van der Waals surface area contributed by atoms with E-state index < -0.39 is 0 Å². The van der Waals surface area contributed by atoms with Crippen LogP contribution in [-0.2, 0) is 16.1 Å². The summed E-state index contributed by atoms with van der Waals surface area (Å²) in [7, 11) is 1.61. The average Bonchev–Trinajstić information content (AvgIpc) is 3.25. The number of fused-ring (bicyclic) bond motifs is 1. The van der Waals surface area contributed by atoms with Gasteiger partial charge in [0.2, 0.25) is 0 Å². The van der Waals surface area contributed by atoms with Gasteiger partial charge in [-0.3, -0.25) is 19.5 Å². The zero-order valence-corrected chi connectivity index (χ0v) is 20.3. The highest BCUT2D eigenvalue weighted by Gasteiger charge is 2.32. The molecule has 0 bridgehead atoms. The molecule has 3 aliphatic heterocycles. The minimum atomic E-state index is -0.311. The third-order valence-electron chi connectivity index (χ3n) is 6.44. The van der Waals surface area contributed by atoms with E-state index in [1.54, 1.807) is 30.5 Å². The van der Waals surface area contributed by atoms with Gasteiger partial charge in [0.25, 0.3) is 11.8 Å². The van der Waals surface area contributed by atoms with Crippen LogP contribution >= 0.6 is 0 Å². The first kappa shape index (κ1) is 24.0. The van der Waals surface area contributed by atoms with E-state index in [-0.39, 0.29) is 11.8 Å². The summed E-state index contributed by atoms with van der Waals surface area (Å²) in [6, 6.07) is 7.44. The molecule has 0 spiro atoms. The molecule has 3 aliphatic rings. The van der Waals surface area contributed by atoms with Gasteiger partial charge < -0.3 is 25.0 Å². The van der Waals surface area contributed by atoms with E-state index in [0.29, 0.717) is 61.1 Å². The number of hydrogen-bond donors (Lipinski definition) is 2. The molecule has 1 fully saturated rings. The molecule has 0 aliphatic carbocycles. The number of benzene rings is 1. The fourth-order valence-corrected chi connectivity index (χ4v) is 4.59. The van der Waals surface area contributed by atoms with Crippen molar-refractivity contribution in [1.82, 2.24) is 15.2 Å². The number of piperazine rings is 1. The molecule has 4 heterocycles. The average molecular weight is 491 g/mol. The number of amidine groups is 1. The van der Waals surface area contributed by atoms with Crippen LogP contribution < -0.4 is 20.3 Å². The van der Waals surface area contributed by atoms with Crippen molar-refractivity contribution in [3.8, 4) is 5.75 Å². The van der Waals surface area contributed by atoms with Crippen LogP contribution in [0.1, 0.15) is 28.8 Å². The molecule has 0 unspecified atom stereocenters. The zero-order chi connectivity index (χ0) is 24.9. The number of amides is 2. The molecule has 1 aromatic heterocycles. The predicted octanol–water partition coefficient (Wildman–Crippen LogP) is 2.19. The summed E-state index contributed by atoms with van der Waals surface area (Å²) in [5, 5.41) is 6.32. The van der Waals surface area contributed by atoms with Crippen molar-refractivity contribution in [2.24, 2.45) is 4.99 Å². The molecule has 2 aromatic rings. The fraction of sp³-hybridized carbons (Fsp3) is 0.385. The first-order chi connectivity index (χ1) is 17.6. The summed E-state index contributed by atoms with van der Waals surface area (Å²) < 4.78 is 10.7. The van der Waals surface area contributed by atoms with Gasteiger partial charge in [0.05, 0.1) is 30.7 Å². The number of aliphatic imine (C=N–C) groups is 1. The Balaban J connectivity index is 1.29. The summed E-state index contributed by atoms with van der Waals surface area (Å²) in [5.74, 6) is 0.785. The fourth-order valence-electron chi connectivity index (χ4n) is 4.59. The van der Waals surface area contributed by atoms with Crippen LogP contribution in [0.15, 0.2) is 53.4 Å². The Morgan fingerprint density at radius 1 is 1.19 bits per heavy atom. The van der Waals surface area contributed by atoms with Crippen LogP contribution in [0.5, 0.6) is 5.75 Å². The summed E-state index contributed by atoms with van der Waals surface area (Å²) in [4.78, 5) is 39.0. The van der Waals surface area contributed by atoms with E-state index in [1.807, 2.05) is 24.3 Å². The molecular formula is C26H30N6O4.